The van der Waals surface area contributed by atoms with Crippen molar-refractivity contribution in [2.45, 2.75) is 36.9 Å². The Hall–Kier alpha value is -3.57. The van der Waals surface area contributed by atoms with Crippen LogP contribution in [0, 0.1) is 0 Å². The Kier molecular flexibility index (Phi) is 6.12. The van der Waals surface area contributed by atoms with Crippen molar-refractivity contribution in [2.24, 2.45) is 0 Å². The summed E-state index contributed by atoms with van der Waals surface area (Å²) in [6.45, 7) is 2.55. The number of hydrogen-bond acceptors (Lipinski definition) is 9. The van der Waals surface area contributed by atoms with Crippen LogP contribution in [0.3, 0.4) is 0 Å². The minimum atomic E-state index is -1.23. The second-order valence-corrected chi connectivity index (χ2v) is 8.92. The number of aromatic nitrogens is 4. The molecular formula is C25H28N6O4. The summed E-state index contributed by atoms with van der Waals surface area (Å²) in [5.41, 5.74) is 14.1. The fourth-order valence-corrected chi connectivity index (χ4v) is 4.56. The van der Waals surface area contributed by atoms with Crippen LogP contribution in [0.15, 0.2) is 67.0 Å². The maximum absolute atomic E-state index is 10.7. The maximum Gasteiger partial charge on any atom is 0.224 e. The summed E-state index contributed by atoms with van der Waals surface area (Å²) in [6.07, 6.45) is -2.67. The van der Waals surface area contributed by atoms with Crippen LogP contribution < -0.4 is 11.5 Å². The molecule has 0 aliphatic carbocycles. The quantitative estimate of drug-likeness (QED) is 0.311. The van der Waals surface area contributed by atoms with Crippen molar-refractivity contribution in [3.8, 4) is 0 Å². The highest BCUT2D eigenvalue weighted by Gasteiger charge is 2.45. The minimum Gasteiger partial charge on any atom is -0.387 e. The molecule has 0 radical (unpaired) electrons. The predicted molar refractivity (Wildman–Crippen MR) is 130 cm³/mol. The predicted octanol–water partition coefficient (Wildman–Crippen LogP) is 1.63. The number of fused-ring (bicyclic) bond motifs is 1. The Bertz CT molecular complexity index is 1260. The van der Waals surface area contributed by atoms with Gasteiger partial charge in [0.2, 0.25) is 5.95 Å². The SMILES string of the molecule is CC(COC[C@H]1O[C@@H](n2cnc3c(N)nc(N)nc32)[C@H](O)[C@@H]1O)(c1ccccc1)c1ccccc1. The third-order valence-corrected chi connectivity index (χ3v) is 6.57. The second-order valence-electron chi connectivity index (χ2n) is 8.92. The number of rotatable bonds is 7. The van der Waals surface area contributed by atoms with Crippen molar-refractivity contribution in [3.05, 3.63) is 78.1 Å². The molecular weight excluding hydrogens is 448 g/mol. The highest BCUT2D eigenvalue weighted by molar-refractivity contribution is 5.82. The third-order valence-electron chi connectivity index (χ3n) is 6.57. The topological polar surface area (TPSA) is 155 Å². The molecule has 1 aliphatic rings. The average molecular weight is 477 g/mol. The first-order valence-corrected chi connectivity index (χ1v) is 11.3. The highest BCUT2D eigenvalue weighted by atomic mass is 16.6. The lowest BCUT2D eigenvalue weighted by molar-refractivity contribution is -0.0692. The van der Waals surface area contributed by atoms with Gasteiger partial charge in [-0.3, -0.25) is 4.57 Å². The van der Waals surface area contributed by atoms with E-state index in [9.17, 15) is 10.2 Å². The Balaban J connectivity index is 1.33. The van der Waals surface area contributed by atoms with Crippen LogP contribution in [0.1, 0.15) is 24.3 Å². The van der Waals surface area contributed by atoms with Gasteiger partial charge >= 0.3 is 0 Å². The molecule has 0 unspecified atom stereocenters. The van der Waals surface area contributed by atoms with Gasteiger partial charge in [0.25, 0.3) is 0 Å². The van der Waals surface area contributed by atoms with E-state index in [0.29, 0.717) is 17.8 Å². The van der Waals surface area contributed by atoms with E-state index in [0.717, 1.165) is 11.1 Å². The number of nitrogens with two attached hydrogens (primary N) is 2. The standard InChI is InChI=1S/C25H28N6O4/c1-25(15-8-4-2-5-9-15,16-10-6-3-7-11-16)13-34-12-17-19(32)20(33)23(35-17)31-14-28-18-21(26)29-24(27)30-22(18)31/h2-11,14,17,19-20,23,32-33H,12-13H2,1H3,(H4,26,27,29,30)/t17-,19-,20-,23-/m1/s1. The van der Waals surface area contributed by atoms with E-state index >= 15 is 0 Å². The molecule has 10 heteroatoms. The summed E-state index contributed by atoms with van der Waals surface area (Å²) in [5, 5.41) is 21.4. The van der Waals surface area contributed by atoms with Gasteiger partial charge in [-0.25, -0.2) is 4.98 Å². The smallest absolute Gasteiger partial charge is 0.224 e. The second kappa shape index (κ2) is 9.23. The molecule has 10 nitrogen and oxygen atoms in total. The molecule has 2 aromatic heterocycles. The van der Waals surface area contributed by atoms with Gasteiger partial charge in [0.15, 0.2) is 17.7 Å². The summed E-state index contributed by atoms with van der Waals surface area (Å²) >= 11 is 0. The highest BCUT2D eigenvalue weighted by Crippen LogP contribution is 2.35. The molecule has 3 heterocycles. The van der Waals surface area contributed by atoms with Gasteiger partial charge in [0, 0.05) is 5.41 Å². The number of aliphatic hydroxyl groups excluding tert-OH is 2. The molecule has 182 valence electrons. The van der Waals surface area contributed by atoms with Crippen LogP contribution in [0.2, 0.25) is 0 Å². The molecule has 0 saturated carbocycles. The molecule has 4 atom stereocenters. The zero-order chi connectivity index (χ0) is 24.6. The minimum absolute atomic E-state index is 0.0224. The van der Waals surface area contributed by atoms with Gasteiger partial charge in [-0.1, -0.05) is 60.7 Å². The van der Waals surface area contributed by atoms with Crippen molar-refractivity contribution < 1.29 is 19.7 Å². The number of ether oxygens (including phenoxy) is 2. The Morgan fingerprint density at radius 2 is 1.60 bits per heavy atom. The Labute approximate surface area is 202 Å². The Morgan fingerprint density at radius 1 is 0.971 bits per heavy atom. The molecule has 0 bridgehead atoms. The zero-order valence-electron chi connectivity index (χ0n) is 19.2. The molecule has 1 aliphatic heterocycles. The summed E-state index contributed by atoms with van der Waals surface area (Å²) in [6, 6.07) is 20.2. The number of nitrogen functional groups attached to an aromatic ring is 2. The van der Waals surface area contributed by atoms with Crippen LogP contribution in [-0.2, 0) is 14.9 Å². The molecule has 5 rings (SSSR count). The first-order chi connectivity index (χ1) is 16.9. The van der Waals surface area contributed by atoms with Gasteiger partial charge in [-0.05, 0) is 18.1 Å². The maximum atomic E-state index is 10.7. The van der Waals surface area contributed by atoms with Crippen molar-refractivity contribution in [3.63, 3.8) is 0 Å². The van der Waals surface area contributed by atoms with Crippen LogP contribution in [0.4, 0.5) is 11.8 Å². The summed E-state index contributed by atoms with van der Waals surface area (Å²) in [7, 11) is 0. The van der Waals surface area contributed by atoms with Crippen molar-refractivity contribution in [1.29, 1.82) is 0 Å². The number of benzene rings is 2. The monoisotopic (exact) mass is 476 g/mol. The van der Waals surface area contributed by atoms with Crippen molar-refractivity contribution in [1.82, 2.24) is 19.5 Å². The number of imidazole rings is 1. The fraction of sp³-hybridized carbons (Fsp3) is 0.320. The lowest BCUT2D eigenvalue weighted by Gasteiger charge is -2.31. The molecule has 1 fully saturated rings. The summed E-state index contributed by atoms with van der Waals surface area (Å²) in [5.74, 6) is 0.103. The normalized spacial score (nSPS) is 22.6. The lowest BCUT2D eigenvalue weighted by Crippen LogP contribution is -2.36. The summed E-state index contributed by atoms with van der Waals surface area (Å²) < 4.78 is 13.6. The van der Waals surface area contributed by atoms with Gasteiger partial charge < -0.3 is 31.2 Å². The Morgan fingerprint density at radius 3 is 2.23 bits per heavy atom. The fourth-order valence-electron chi connectivity index (χ4n) is 4.56. The number of anilines is 2. The van der Waals surface area contributed by atoms with E-state index in [1.54, 1.807) is 0 Å². The average Bonchev–Trinajstić information content (AvgIpc) is 3.41. The van der Waals surface area contributed by atoms with Gasteiger partial charge in [0.05, 0.1) is 19.5 Å². The van der Waals surface area contributed by atoms with Crippen LogP contribution in [-0.4, -0.2) is 61.3 Å². The van der Waals surface area contributed by atoms with E-state index in [-0.39, 0.29) is 18.4 Å². The third kappa shape index (κ3) is 4.21. The lowest BCUT2D eigenvalue weighted by atomic mass is 9.77. The summed E-state index contributed by atoms with van der Waals surface area (Å²) in [4.78, 5) is 12.3. The van der Waals surface area contributed by atoms with E-state index in [1.165, 1.54) is 10.9 Å². The zero-order valence-corrected chi connectivity index (χ0v) is 19.2. The molecule has 4 aromatic rings. The van der Waals surface area contributed by atoms with Crippen LogP contribution in [0.25, 0.3) is 11.2 Å². The van der Waals surface area contributed by atoms with Gasteiger partial charge in [-0.2, -0.15) is 9.97 Å². The first-order valence-electron chi connectivity index (χ1n) is 11.3. The first kappa shape index (κ1) is 23.2. The molecule has 0 spiro atoms. The molecule has 2 aromatic carbocycles. The van der Waals surface area contributed by atoms with Crippen LogP contribution >= 0.6 is 0 Å². The number of aliphatic hydroxyl groups is 2. The largest absolute Gasteiger partial charge is 0.387 e. The van der Waals surface area contributed by atoms with E-state index in [2.05, 4.69) is 46.1 Å². The molecule has 35 heavy (non-hydrogen) atoms. The van der Waals surface area contributed by atoms with E-state index < -0.39 is 30.0 Å². The molecule has 6 N–H and O–H groups in total. The van der Waals surface area contributed by atoms with Gasteiger partial charge in [0.1, 0.15) is 23.8 Å². The number of hydrogen-bond donors (Lipinski definition) is 4. The van der Waals surface area contributed by atoms with Gasteiger partial charge in [-0.15, -0.1) is 0 Å². The molecule has 0 amide bonds. The number of nitrogens with zero attached hydrogens (tertiary/aromatic N) is 4. The van der Waals surface area contributed by atoms with Crippen LogP contribution in [0.5, 0.6) is 0 Å². The van der Waals surface area contributed by atoms with E-state index in [1.807, 2.05) is 36.4 Å². The van der Waals surface area contributed by atoms with Crippen molar-refractivity contribution >= 4 is 22.9 Å². The van der Waals surface area contributed by atoms with E-state index in [4.69, 9.17) is 20.9 Å². The molecule has 1 saturated heterocycles. The van der Waals surface area contributed by atoms with Crippen molar-refractivity contribution in [2.75, 3.05) is 24.7 Å².